The Balaban J connectivity index is 1.84. The van der Waals surface area contributed by atoms with Gasteiger partial charge in [0.1, 0.15) is 16.2 Å². The third-order valence-electron chi connectivity index (χ3n) is 4.06. The molecule has 0 unspecified atom stereocenters. The highest BCUT2D eigenvalue weighted by Crippen LogP contribution is 2.30. The third kappa shape index (κ3) is 3.07. The fourth-order valence-electron chi connectivity index (χ4n) is 2.65. The first-order chi connectivity index (χ1) is 11.4. The van der Waals surface area contributed by atoms with Crippen molar-refractivity contribution in [2.24, 2.45) is 0 Å². The van der Waals surface area contributed by atoms with Crippen LogP contribution in [-0.4, -0.2) is 40.7 Å². The van der Waals surface area contributed by atoms with Crippen LogP contribution in [0.5, 0.6) is 0 Å². The molecule has 3 heterocycles. The summed E-state index contributed by atoms with van der Waals surface area (Å²) in [7, 11) is 0. The minimum absolute atomic E-state index is 0.246. The number of nitrogens with one attached hydrogen (secondary N) is 1. The minimum atomic E-state index is -1.28. The van der Waals surface area contributed by atoms with E-state index in [1.54, 1.807) is 13.0 Å². The van der Waals surface area contributed by atoms with Crippen molar-refractivity contribution in [1.82, 2.24) is 10.3 Å². The number of aromatic nitrogens is 1. The molecule has 2 aromatic rings. The van der Waals surface area contributed by atoms with Gasteiger partial charge in [-0.25, -0.2) is 9.78 Å². The van der Waals surface area contributed by atoms with Crippen molar-refractivity contribution >= 4 is 23.2 Å². The Kier molecular flexibility index (Phi) is 4.42. The Labute approximate surface area is 142 Å². The topological polar surface area (TPSA) is 102 Å². The number of carbonyl (C=O) groups is 2. The van der Waals surface area contributed by atoms with E-state index < -0.39 is 17.4 Å². The maximum atomic E-state index is 12.6. The summed E-state index contributed by atoms with van der Waals surface area (Å²) in [5.74, 6) is -0.110. The summed E-state index contributed by atoms with van der Waals surface area (Å²) in [4.78, 5) is 29.0. The van der Waals surface area contributed by atoms with Crippen molar-refractivity contribution in [1.29, 1.82) is 0 Å². The van der Waals surface area contributed by atoms with Crippen molar-refractivity contribution in [2.45, 2.75) is 32.2 Å². The molecule has 1 fully saturated rings. The number of nitrogens with zero attached hydrogens (tertiary/aromatic N) is 1. The van der Waals surface area contributed by atoms with Gasteiger partial charge < -0.3 is 19.6 Å². The van der Waals surface area contributed by atoms with Gasteiger partial charge in [0, 0.05) is 26.1 Å². The van der Waals surface area contributed by atoms with Crippen LogP contribution in [0.15, 0.2) is 16.5 Å². The zero-order valence-corrected chi connectivity index (χ0v) is 14.2. The fraction of sp³-hybridized carbons (Fsp3) is 0.438. The van der Waals surface area contributed by atoms with Crippen molar-refractivity contribution in [3.8, 4) is 10.8 Å². The lowest BCUT2D eigenvalue weighted by molar-refractivity contribution is -0.148. The van der Waals surface area contributed by atoms with E-state index in [9.17, 15) is 14.7 Å². The summed E-state index contributed by atoms with van der Waals surface area (Å²) in [5, 5.41) is 12.8. The van der Waals surface area contributed by atoms with Crippen LogP contribution >= 0.6 is 11.3 Å². The minimum Gasteiger partial charge on any atom is -0.480 e. The van der Waals surface area contributed by atoms with Crippen LogP contribution in [0.25, 0.3) is 10.8 Å². The molecule has 1 aliphatic heterocycles. The van der Waals surface area contributed by atoms with Crippen LogP contribution in [0.2, 0.25) is 0 Å². The smallest absolute Gasteiger partial charge is 0.329 e. The van der Waals surface area contributed by atoms with Gasteiger partial charge in [0.05, 0.1) is 5.69 Å². The van der Waals surface area contributed by atoms with E-state index in [0.717, 1.165) is 5.76 Å². The quantitative estimate of drug-likeness (QED) is 0.878. The van der Waals surface area contributed by atoms with Crippen LogP contribution in [0, 0.1) is 13.8 Å². The molecule has 0 saturated carbocycles. The van der Waals surface area contributed by atoms with Gasteiger partial charge in [-0.1, -0.05) is 0 Å². The number of carboxylic acids is 1. The number of ether oxygens (including phenoxy) is 1. The predicted octanol–water partition coefficient (Wildman–Crippen LogP) is 2.38. The number of thiazole rings is 1. The molecule has 3 rings (SSSR count). The SMILES string of the molecule is Cc1ccc(-c2nc(C)c(C(=O)NC3(C(=O)O)CCOCC3)s2)o1. The van der Waals surface area contributed by atoms with Crippen LogP contribution in [0.3, 0.4) is 0 Å². The number of rotatable bonds is 4. The Morgan fingerprint density at radius 1 is 1.29 bits per heavy atom. The third-order valence-corrected chi connectivity index (χ3v) is 5.23. The van der Waals surface area contributed by atoms with E-state index in [1.165, 1.54) is 11.3 Å². The lowest BCUT2D eigenvalue weighted by atomic mass is 9.90. The van der Waals surface area contributed by atoms with Gasteiger partial charge in [-0.15, -0.1) is 11.3 Å². The molecule has 128 valence electrons. The van der Waals surface area contributed by atoms with Gasteiger partial charge in [-0.05, 0) is 26.0 Å². The van der Waals surface area contributed by atoms with Gasteiger partial charge in [0.2, 0.25) is 0 Å². The van der Waals surface area contributed by atoms with Gasteiger partial charge in [-0.2, -0.15) is 0 Å². The molecule has 1 aliphatic rings. The molecule has 1 saturated heterocycles. The van der Waals surface area contributed by atoms with Crippen molar-refractivity contribution in [3.63, 3.8) is 0 Å². The largest absolute Gasteiger partial charge is 0.480 e. The second kappa shape index (κ2) is 6.37. The number of furan rings is 1. The zero-order valence-electron chi connectivity index (χ0n) is 13.4. The normalized spacial score (nSPS) is 16.8. The molecule has 24 heavy (non-hydrogen) atoms. The number of amides is 1. The van der Waals surface area contributed by atoms with Gasteiger partial charge in [-0.3, -0.25) is 4.79 Å². The van der Waals surface area contributed by atoms with Crippen molar-refractivity contribution < 1.29 is 23.8 Å². The highest BCUT2D eigenvalue weighted by molar-refractivity contribution is 7.17. The molecule has 0 radical (unpaired) electrons. The van der Waals surface area contributed by atoms with Gasteiger partial charge in [0.15, 0.2) is 10.8 Å². The molecule has 1 amide bonds. The fourth-order valence-corrected chi connectivity index (χ4v) is 3.57. The Bertz CT molecular complexity index is 773. The van der Waals surface area contributed by atoms with E-state index >= 15 is 0 Å². The Hall–Kier alpha value is -2.19. The molecule has 0 atom stereocenters. The molecule has 2 N–H and O–H groups in total. The van der Waals surface area contributed by atoms with E-state index in [0.29, 0.717) is 34.6 Å². The second-order valence-electron chi connectivity index (χ2n) is 5.80. The standard InChI is InChI=1S/C16H18N2O5S/c1-9-3-4-11(23-9)14-17-10(2)12(24-14)13(19)18-16(15(20)21)5-7-22-8-6-16/h3-4H,5-8H2,1-2H3,(H,18,19)(H,20,21). The summed E-state index contributed by atoms with van der Waals surface area (Å²) in [5.41, 5.74) is -0.734. The predicted molar refractivity (Wildman–Crippen MR) is 87.2 cm³/mol. The number of aryl methyl sites for hydroxylation is 2. The second-order valence-corrected chi connectivity index (χ2v) is 6.80. The summed E-state index contributed by atoms with van der Waals surface area (Å²) in [6.45, 7) is 4.18. The monoisotopic (exact) mass is 350 g/mol. The van der Waals surface area contributed by atoms with E-state index in [-0.39, 0.29) is 12.8 Å². The average Bonchev–Trinajstić information content (AvgIpc) is 3.14. The average molecular weight is 350 g/mol. The van der Waals surface area contributed by atoms with Gasteiger partial charge >= 0.3 is 5.97 Å². The molecule has 0 aromatic carbocycles. The number of carboxylic acid groups (broad SMARTS) is 1. The zero-order chi connectivity index (χ0) is 17.3. The first-order valence-electron chi connectivity index (χ1n) is 7.59. The van der Waals surface area contributed by atoms with Crippen molar-refractivity contribution in [3.05, 3.63) is 28.5 Å². The molecule has 7 nitrogen and oxygen atoms in total. The summed E-state index contributed by atoms with van der Waals surface area (Å²) in [6.07, 6.45) is 0.492. The molecule has 0 bridgehead atoms. The van der Waals surface area contributed by atoms with E-state index in [4.69, 9.17) is 9.15 Å². The number of hydrogen-bond donors (Lipinski definition) is 2. The highest BCUT2D eigenvalue weighted by Gasteiger charge is 2.42. The highest BCUT2D eigenvalue weighted by atomic mass is 32.1. The van der Waals surface area contributed by atoms with E-state index in [1.807, 2.05) is 13.0 Å². The molecular formula is C16H18N2O5S. The number of aliphatic carboxylic acids is 1. The number of carbonyl (C=O) groups excluding carboxylic acids is 1. The molecule has 0 aliphatic carbocycles. The van der Waals surface area contributed by atoms with Gasteiger partial charge in [0.25, 0.3) is 5.91 Å². The summed E-state index contributed by atoms with van der Waals surface area (Å²) < 4.78 is 10.7. The Morgan fingerprint density at radius 2 is 2.00 bits per heavy atom. The van der Waals surface area contributed by atoms with Crippen LogP contribution in [0.4, 0.5) is 0 Å². The molecule has 0 spiro atoms. The maximum absolute atomic E-state index is 12.6. The summed E-state index contributed by atoms with van der Waals surface area (Å²) >= 11 is 1.19. The van der Waals surface area contributed by atoms with Crippen LogP contribution in [0.1, 0.15) is 34.0 Å². The molecular weight excluding hydrogens is 332 g/mol. The van der Waals surface area contributed by atoms with Crippen molar-refractivity contribution in [2.75, 3.05) is 13.2 Å². The number of hydrogen-bond acceptors (Lipinski definition) is 6. The van der Waals surface area contributed by atoms with Crippen LogP contribution in [-0.2, 0) is 9.53 Å². The Morgan fingerprint density at radius 3 is 2.58 bits per heavy atom. The lowest BCUT2D eigenvalue weighted by Crippen LogP contribution is -2.57. The van der Waals surface area contributed by atoms with E-state index in [2.05, 4.69) is 10.3 Å². The molecule has 2 aromatic heterocycles. The maximum Gasteiger partial charge on any atom is 0.329 e. The first-order valence-corrected chi connectivity index (χ1v) is 8.41. The lowest BCUT2D eigenvalue weighted by Gasteiger charge is -2.33. The first kappa shape index (κ1) is 16.7. The molecule has 8 heteroatoms. The summed E-state index contributed by atoms with van der Waals surface area (Å²) in [6, 6.07) is 3.62. The van der Waals surface area contributed by atoms with Crippen LogP contribution < -0.4 is 5.32 Å².